The van der Waals surface area contributed by atoms with E-state index in [-0.39, 0.29) is 12.5 Å². The molecule has 0 atom stereocenters. The van der Waals surface area contributed by atoms with Gasteiger partial charge in [-0.1, -0.05) is 0 Å². The number of carbonyl (C=O) groups is 3. The van der Waals surface area contributed by atoms with Gasteiger partial charge in [0.15, 0.2) is 0 Å². The Kier molecular flexibility index (Phi) is 5.75. The summed E-state index contributed by atoms with van der Waals surface area (Å²) in [5, 5.41) is 3.12. The molecule has 7 heteroatoms. The van der Waals surface area contributed by atoms with Crippen LogP contribution in [0.15, 0.2) is 0 Å². The Morgan fingerprint density at radius 1 is 1.16 bits per heavy atom. The summed E-state index contributed by atoms with van der Waals surface area (Å²) < 4.78 is 0. The van der Waals surface area contributed by atoms with Crippen LogP contribution in [-0.2, 0) is 14.4 Å². The molecule has 7 nitrogen and oxygen atoms in total. The number of carbonyl (C=O) groups excluding carboxylic acids is 3. The molecule has 1 rings (SSSR count). The van der Waals surface area contributed by atoms with Gasteiger partial charge in [0.25, 0.3) is 0 Å². The Morgan fingerprint density at radius 3 is 2.21 bits per heavy atom. The van der Waals surface area contributed by atoms with Crippen molar-refractivity contribution in [3.05, 3.63) is 0 Å². The zero-order valence-corrected chi connectivity index (χ0v) is 11.8. The van der Waals surface area contributed by atoms with E-state index < -0.39 is 11.8 Å². The number of hydrogen-bond donors (Lipinski definition) is 1. The van der Waals surface area contributed by atoms with Gasteiger partial charge in [0, 0.05) is 46.8 Å². The van der Waals surface area contributed by atoms with Crippen LogP contribution in [0.2, 0.25) is 0 Å². The second kappa shape index (κ2) is 7.08. The van der Waals surface area contributed by atoms with Crippen LogP contribution in [-0.4, -0.2) is 85.8 Å². The summed E-state index contributed by atoms with van der Waals surface area (Å²) in [4.78, 5) is 39.9. The van der Waals surface area contributed by atoms with Crippen LogP contribution in [0.4, 0.5) is 0 Å². The van der Waals surface area contributed by atoms with Gasteiger partial charge in [0.2, 0.25) is 5.91 Å². The molecule has 108 valence electrons. The maximum absolute atomic E-state index is 12.1. The van der Waals surface area contributed by atoms with Gasteiger partial charge in [-0.2, -0.15) is 0 Å². The van der Waals surface area contributed by atoms with Crippen molar-refractivity contribution in [3.63, 3.8) is 0 Å². The lowest BCUT2D eigenvalue weighted by molar-refractivity contribution is -0.153. The quantitative estimate of drug-likeness (QED) is 0.624. The number of likely N-dealkylation sites (N-methyl/N-ethyl adjacent to an activating group) is 2. The number of hydrogen-bond acceptors (Lipinski definition) is 4. The zero-order chi connectivity index (χ0) is 14.4. The maximum Gasteiger partial charge on any atom is 0.312 e. The molecule has 1 heterocycles. The monoisotopic (exact) mass is 270 g/mol. The highest BCUT2D eigenvalue weighted by molar-refractivity contribution is 6.35. The molecular weight excluding hydrogens is 248 g/mol. The van der Waals surface area contributed by atoms with Gasteiger partial charge in [-0.3, -0.25) is 14.4 Å². The van der Waals surface area contributed by atoms with Crippen LogP contribution in [0.5, 0.6) is 0 Å². The third kappa shape index (κ3) is 4.20. The Bertz CT molecular complexity index is 351. The molecule has 0 unspecified atom stereocenters. The van der Waals surface area contributed by atoms with Gasteiger partial charge in [-0.25, -0.2) is 0 Å². The molecule has 1 fully saturated rings. The van der Waals surface area contributed by atoms with Gasteiger partial charge in [-0.15, -0.1) is 0 Å². The summed E-state index contributed by atoms with van der Waals surface area (Å²) in [6, 6.07) is 0. The van der Waals surface area contributed by atoms with Crippen LogP contribution < -0.4 is 5.32 Å². The van der Waals surface area contributed by atoms with Crippen molar-refractivity contribution >= 4 is 17.7 Å². The van der Waals surface area contributed by atoms with Crippen LogP contribution >= 0.6 is 0 Å². The number of nitrogens with one attached hydrogen (secondary N) is 1. The van der Waals surface area contributed by atoms with Gasteiger partial charge < -0.3 is 20.0 Å². The average Bonchev–Trinajstić information content (AvgIpc) is 2.43. The highest BCUT2D eigenvalue weighted by atomic mass is 16.2. The van der Waals surface area contributed by atoms with E-state index in [0.717, 1.165) is 0 Å². The van der Waals surface area contributed by atoms with Gasteiger partial charge >= 0.3 is 11.8 Å². The van der Waals surface area contributed by atoms with Gasteiger partial charge in [0.1, 0.15) is 6.54 Å². The summed E-state index contributed by atoms with van der Waals surface area (Å²) in [6.07, 6.45) is 0. The summed E-state index contributed by atoms with van der Waals surface area (Å²) in [7, 11) is 3.25. The van der Waals surface area contributed by atoms with Crippen molar-refractivity contribution in [2.45, 2.75) is 6.92 Å². The molecule has 1 N–H and O–H groups in total. The number of rotatable bonds is 3. The molecule has 0 saturated carbocycles. The minimum atomic E-state index is -0.598. The first-order valence-corrected chi connectivity index (χ1v) is 6.46. The second-order valence-corrected chi connectivity index (χ2v) is 4.65. The molecule has 3 amide bonds. The summed E-state index contributed by atoms with van der Waals surface area (Å²) in [5.74, 6) is -1.31. The lowest BCUT2D eigenvalue weighted by atomic mass is 10.3. The van der Waals surface area contributed by atoms with E-state index in [0.29, 0.717) is 32.7 Å². The molecule has 1 saturated heterocycles. The topological polar surface area (TPSA) is 73.0 Å². The Hall–Kier alpha value is -1.63. The minimum Gasteiger partial charge on any atom is -0.347 e. The molecule has 1 aliphatic heterocycles. The summed E-state index contributed by atoms with van der Waals surface area (Å²) >= 11 is 0. The predicted octanol–water partition coefficient (Wildman–Crippen LogP) is -1.65. The van der Waals surface area contributed by atoms with E-state index in [4.69, 9.17) is 0 Å². The Labute approximate surface area is 113 Å². The predicted molar refractivity (Wildman–Crippen MR) is 70.4 cm³/mol. The molecule has 0 aromatic carbocycles. The summed E-state index contributed by atoms with van der Waals surface area (Å²) in [5.41, 5.74) is 0. The lowest BCUT2D eigenvalue weighted by Crippen LogP contribution is -2.53. The average molecular weight is 270 g/mol. The fraction of sp³-hybridized carbons (Fsp3) is 0.750. The van der Waals surface area contributed by atoms with Crippen molar-refractivity contribution in [1.29, 1.82) is 0 Å². The normalized spacial score (nSPS) is 15.0. The van der Waals surface area contributed by atoms with Crippen molar-refractivity contribution in [2.24, 2.45) is 0 Å². The second-order valence-electron chi connectivity index (χ2n) is 4.65. The first-order chi connectivity index (χ1) is 8.97. The standard InChI is InChI=1S/C12H22N4O3/c1-4-15(9-10(17)14(2)3)11(18)12(19)16-7-5-13-6-8-16/h13H,4-9H2,1-3H3. The van der Waals surface area contributed by atoms with Gasteiger partial charge in [0.05, 0.1) is 0 Å². The van der Waals surface area contributed by atoms with Crippen molar-refractivity contribution < 1.29 is 14.4 Å². The van der Waals surface area contributed by atoms with E-state index in [1.54, 1.807) is 21.0 Å². The van der Waals surface area contributed by atoms with E-state index in [9.17, 15) is 14.4 Å². The first-order valence-electron chi connectivity index (χ1n) is 6.46. The van der Waals surface area contributed by atoms with E-state index in [2.05, 4.69) is 5.32 Å². The number of amides is 3. The van der Waals surface area contributed by atoms with Crippen molar-refractivity contribution in [3.8, 4) is 0 Å². The Balaban J connectivity index is 2.61. The fourth-order valence-corrected chi connectivity index (χ4v) is 1.77. The number of piperazine rings is 1. The molecule has 0 aromatic rings. The molecule has 0 radical (unpaired) electrons. The maximum atomic E-state index is 12.1. The smallest absolute Gasteiger partial charge is 0.312 e. The summed E-state index contributed by atoms with van der Waals surface area (Å²) in [6.45, 7) is 4.50. The third-order valence-electron chi connectivity index (χ3n) is 3.08. The molecular formula is C12H22N4O3. The lowest BCUT2D eigenvalue weighted by Gasteiger charge is -2.29. The fourth-order valence-electron chi connectivity index (χ4n) is 1.77. The van der Waals surface area contributed by atoms with Gasteiger partial charge in [-0.05, 0) is 6.92 Å². The van der Waals surface area contributed by atoms with Crippen LogP contribution in [0, 0.1) is 0 Å². The zero-order valence-electron chi connectivity index (χ0n) is 11.8. The highest BCUT2D eigenvalue weighted by Gasteiger charge is 2.28. The third-order valence-corrected chi connectivity index (χ3v) is 3.08. The minimum absolute atomic E-state index is 0.0554. The number of nitrogens with zero attached hydrogens (tertiary/aromatic N) is 3. The van der Waals surface area contributed by atoms with Crippen LogP contribution in [0.3, 0.4) is 0 Å². The molecule has 0 spiro atoms. The van der Waals surface area contributed by atoms with Crippen LogP contribution in [0.1, 0.15) is 6.92 Å². The first kappa shape index (κ1) is 15.4. The van der Waals surface area contributed by atoms with E-state index in [1.165, 1.54) is 14.7 Å². The van der Waals surface area contributed by atoms with E-state index in [1.807, 2.05) is 0 Å². The molecule has 19 heavy (non-hydrogen) atoms. The molecule has 0 aliphatic carbocycles. The molecule has 0 aromatic heterocycles. The SMILES string of the molecule is CCN(CC(=O)N(C)C)C(=O)C(=O)N1CCNCC1. The van der Waals surface area contributed by atoms with Crippen molar-refractivity contribution in [1.82, 2.24) is 20.0 Å². The van der Waals surface area contributed by atoms with E-state index >= 15 is 0 Å². The molecule has 0 bridgehead atoms. The highest BCUT2D eigenvalue weighted by Crippen LogP contribution is 1.99. The van der Waals surface area contributed by atoms with Crippen molar-refractivity contribution in [2.75, 3.05) is 53.4 Å². The Morgan fingerprint density at radius 2 is 1.74 bits per heavy atom. The molecule has 1 aliphatic rings. The largest absolute Gasteiger partial charge is 0.347 e. The van der Waals surface area contributed by atoms with Crippen LogP contribution in [0.25, 0.3) is 0 Å².